The first kappa shape index (κ1) is 20.4. The molecule has 1 N–H and O–H groups in total. The van der Waals surface area contributed by atoms with E-state index in [1.165, 1.54) is 16.4 Å². The van der Waals surface area contributed by atoms with Crippen molar-refractivity contribution in [3.63, 3.8) is 0 Å². The van der Waals surface area contributed by atoms with E-state index in [4.69, 9.17) is 4.84 Å². The summed E-state index contributed by atoms with van der Waals surface area (Å²) in [4.78, 5) is 22.0. The van der Waals surface area contributed by atoms with Gasteiger partial charge in [-0.25, -0.2) is 12.8 Å². The summed E-state index contributed by atoms with van der Waals surface area (Å²) < 4.78 is 40.4. The van der Waals surface area contributed by atoms with Crippen LogP contribution in [0.3, 0.4) is 0 Å². The molecule has 0 radical (unpaired) electrons. The van der Waals surface area contributed by atoms with Crippen LogP contribution in [0.1, 0.15) is 24.8 Å². The molecule has 8 nitrogen and oxygen atoms in total. The fraction of sp³-hybridized carbons (Fsp3) is 0.350. The number of hydrogen-bond acceptors (Lipinski definition) is 6. The van der Waals surface area contributed by atoms with E-state index in [0.717, 1.165) is 17.7 Å². The van der Waals surface area contributed by atoms with Gasteiger partial charge in [-0.15, -0.1) is 0 Å². The molecule has 0 bridgehead atoms. The molecule has 10 heteroatoms. The highest BCUT2D eigenvalue weighted by atomic mass is 32.2. The van der Waals surface area contributed by atoms with E-state index in [1.54, 1.807) is 24.5 Å². The molecule has 1 spiro atoms. The van der Waals surface area contributed by atoms with Crippen molar-refractivity contribution in [3.05, 3.63) is 60.2 Å². The molecule has 1 saturated heterocycles. The van der Waals surface area contributed by atoms with Gasteiger partial charge in [0.2, 0.25) is 10.0 Å². The summed E-state index contributed by atoms with van der Waals surface area (Å²) >= 11 is 0. The van der Waals surface area contributed by atoms with Gasteiger partial charge in [0.25, 0.3) is 5.91 Å². The largest absolute Gasteiger partial charge is 0.387 e. The molecule has 0 saturated carbocycles. The Labute approximate surface area is 173 Å². The number of piperidine rings is 1. The third kappa shape index (κ3) is 4.19. The first-order valence-electron chi connectivity index (χ1n) is 9.56. The van der Waals surface area contributed by atoms with Crippen LogP contribution in [-0.2, 0) is 26.2 Å². The van der Waals surface area contributed by atoms with Gasteiger partial charge >= 0.3 is 0 Å². The second-order valence-electron chi connectivity index (χ2n) is 7.42. The van der Waals surface area contributed by atoms with E-state index in [9.17, 15) is 17.6 Å². The molecule has 2 aromatic rings. The zero-order valence-electron chi connectivity index (χ0n) is 16.1. The predicted molar refractivity (Wildman–Crippen MR) is 106 cm³/mol. The molecule has 158 valence electrons. The SMILES string of the molecule is O=C(NCc1ccncc1)C1=NO[C@@]2(CCCN(S(=O)(=O)c3ccc(F)cc3)C2)C1. The topological polar surface area (TPSA) is 101 Å². The second-order valence-corrected chi connectivity index (χ2v) is 9.36. The van der Waals surface area contributed by atoms with E-state index in [0.29, 0.717) is 25.9 Å². The lowest BCUT2D eigenvalue weighted by Crippen LogP contribution is -2.50. The Morgan fingerprint density at radius 1 is 1.20 bits per heavy atom. The molecule has 1 amide bonds. The van der Waals surface area contributed by atoms with Gasteiger partial charge in [-0.1, -0.05) is 5.16 Å². The number of benzene rings is 1. The molecule has 0 unspecified atom stereocenters. The Balaban J connectivity index is 1.41. The quantitative estimate of drug-likeness (QED) is 0.777. The van der Waals surface area contributed by atoms with Crippen molar-refractivity contribution in [1.29, 1.82) is 0 Å². The highest BCUT2D eigenvalue weighted by Crippen LogP contribution is 2.35. The summed E-state index contributed by atoms with van der Waals surface area (Å²) in [7, 11) is -3.80. The molecule has 3 heterocycles. The molecule has 1 aromatic heterocycles. The molecule has 2 aliphatic rings. The number of hydrogen-bond donors (Lipinski definition) is 1. The van der Waals surface area contributed by atoms with Crippen LogP contribution in [0.15, 0.2) is 58.8 Å². The van der Waals surface area contributed by atoms with Crippen LogP contribution in [0.25, 0.3) is 0 Å². The van der Waals surface area contributed by atoms with Gasteiger partial charge in [0, 0.05) is 31.9 Å². The fourth-order valence-corrected chi connectivity index (χ4v) is 5.22. The zero-order chi connectivity index (χ0) is 21.2. The smallest absolute Gasteiger partial charge is 0.269 e. The third-order valence-electron chi connectivity index (χ3n) is 5.26. The van der Waals surface area contributed by atoms with Crippen molar-refractivity contribution in [2.75, 3.05) is 13.1 Å². The summed E-state index contributed by atoms with van der Waals surface area (Å²) in [5, 5.41) is 6.74. The summed E-state index contributed by atoms with van der Waals surface area (Å²) in [5.41, 5.74) is 0.279. The van der Waals surface area contributed by atoms with E-state index in [-0.39, 0.29) is 29.5 Å². The molecule has 1 aromatic carbocycles. The van der Waals surface area contributed by atoms with Crippen molar-refractivity contribution < 1.29 is 22.4 Å². The van der Waals surface area contributed by atoms with Gasteiger partial charge in [0.1, 0.15) is 11.5 Å². The van der Waals surface area contributed by atoms with Crippen LogP contribution in [-0.4, -0.2) is 48.0 Å². The maximum Gasteiger partial charge on any atom is 0.269 e. The summed E-state index contributed by atoms with van der Waals surface area (Å²) in [6.07, 6.45) is 4.68. The van der Waals surface area contributed by atoms with Crippen molar-refractivity contribution in [2.45, 2.75) is 36.3 Å². The number of pyridine rings is 1. The van der Waals surface area contributed by atoms with Crippen LogP contribution in [0, 0.1) is 5.82 Å². The van der Waals surface area contributed by atoms with Gasteiger partial charge in [-0.3, -0.25) is 9.78 Å². The molecule has 30 heavy (non-hydrogen) atoms. The lowest BCUT2D eigenvalue weighted by molar-refractivity contribution is -0.115. The summed E-state index contributed by atoms with van der Waals surface area (Å²) in [5.74, 6) is -0.846. The van der Waals surface area contributed by atoms with Gasteiger partial charge < -0.3 is 10.2 Å². The number of amides is 1. The Morgan fingerprint density at radius 2 is 1.93 bits per heavy atom. The number of carbonyl (C=O) groups excluding carboxylic acids is 1. The normalized spacial score (nSPS) is 21.8. The Morgan fingerprint density at radius 3 is 2.67 bits per heavy atom. The van der Waals surface area contributed by atoms with E-state index < -0.39 is 21.4 Å². The lowest BCUT2D eigenvalue weighted by atomic mass is 9.89. The van der Waals surface area contributed by atoms with E-state index in [1.807, 2.05) is 0 Å². The Bertz CT molecular complexity index is 1060. The number of nitrogens with one attached hydrogen (secondary N) is 1. The molecular formula is C20H21FN4O4S. The molecule has 0 aliphatic carbocycles. The minimum absolute atomic E-state index is 0.0233. The molecule has 4 rings (SSSR count). The van der Waals surface area contributed by atoms with Crippen molar-refractivity contribution in [1.82, 2.24) is 14.6 Å². The standard InChI is InChI=1S/C20H21FN4O4S/c21-16-2-4-17(5-3-16)30(27,28)25-11-1-8-20(14-25)12-18(24-29-20)19(26)23-13-15-6-9-22-10-7-15/h2-7,9-10H,1,8,11-14H2,(H,23,26)/t20-/m0/s1. The van der Waals surface area contributed by atoms with Crippen LogP contribution >= 0.6 is 0 Å². The van der Waals surface area contributed by atoms with Crippen molar-refractivity contribution >= 4 is 21.6 Å². The number of oxime groups is 1. The average Bonchev–Trinajstić information content (AvgIpc) is 3.16. The molecule has 1 atom stereocenters. The molecule has 2 aliphatic heterocycles. The van der Waals surface area contributed by atoms with Gasteiger partial charge in [-0.05, 0) is 54.8 Å². The van der Waals surface area contributed by atoms with Crippen LogP contribution < -0.4 is 5.32 Å². The average molecular weight is 432 g/mol. The first-order valence-corrected chi connectivity index (χ1v) is 11.0. The third-order valence-corrected chi connectivity index (χ3v) is 7.12. The number of nitrogens with zero attached hydrogens (tertiary/aromatic N) is 3. The fourth-order valence-electron chi connectivity index (χ4n) is 3.67. The Hall–Kier alpha value is -2.85. The molecule has 1 fully saturated rings. The highest BCUT2D eigenvalue weighted by Gasteiger charge is 2.47. The maximum absolute atomic E-state index is 13.2. The highest BCUT2D eigenvalue weighted by molar-refractivity contribution is 7.89. The number of halogens is 1. The van der Waals surface area contributed by atoms with Crippen molar-refractivity contribution in [3.8, 4) is 0 Å². The summed E-state index contributed by atoms with van der Waals surface area (Å²) in [6, 6.07) is 8.33. The van der Waals surface area contributed by atoms with Crippen LogP contribution in [0.4, 0.5) is 4.39 Å². The predicted octanol–water partition coefficient (Wildman–Crippen LogP) is 1.84. The van der Waals surface area contributed by atoms with Gasteiger partial charge in [-0.2, -0.15) is 4.31 Å². The van der Waals surface area contributed by atoms with Crippen LogP contribution in [0.2, 0.25) is 0 Å². The zero-order valence-corrected chi connectivity index (χ0v) is 16.9. The number of sulfonamides is 1. The minimum Gasteiger partial charge on any atom is -0.387 e. The van der Waals surface area contributed by atoms with Crippen molar-refractivity contribution in [2.24, 2.45) is 5.16 Å². The second kappa shape index (κ2) is 8.11. The first-order chi connectivity index (χ1) is 14.4. The summed E-state index contributed by atoms with van der Waals surface area (Å²) in [6.45, 7) is 0.740. The van der Waals surface area contributed by atoms with E-state index in [2.05, 4.69) is 15.5 Å². The van der Waals surface area contributed by atoms with Gasteiger partial charge in [0.15, 0.2) is 5.60 Å². The monoisotopic (exact) mass is 432 g/mol. The maximum atomic E-state index is 13.2. The number of carbonyl (C=O) groups is 1. The van der Waals surface area contributed by atoms with E-state index >= 15 is 0 Å². The van der Waals surface area contributed by atoms with Crippen LogP contribution in [0.5, 0.6) is 0 Å². The van der Waals surface area contributed by atoms with Gasteiger partial charge in [0.05, 0.1) is 11.4 Å². The number of aromatic nitrogens is 1. The molecular weight excluding hydrogens is 411 g/mol. The minimum atomic E-state index is -3.80. The lowest BCUT2D eigenvalue weighted by Gasteiger charge is -2.37. The Kier molecular flexibility index (Phi) is 5.52. The number of rotatable bonds is 5.